The molecule has 4 aromatic carbocycles. The molecule has 0 bridgehead atoms. The molecule has 1 atom stereocenters. The van der Waals surface area contributed by atoms with Crippen LogP contribution in [0.5, 0.6) is 5.75 Å². The van der Waals surface area contributed by atoms with Crippen molar-refractivity contribution in [2.24, 2.45) is 0 Å². The smallest absolute Gasteiger partial charge is 0.206 e. The van der Waals surface area contributed by atoms with Crippen molar-refractivity contribution in [1.29, 1.82) is 0 Å². The van der Waals surface area contributed by atoms with Gasteiger partial charge in [0, 0.05) is 24.7 Å². The van der Waals surface area contributed by atoms with E-state index < -0.39 is 15.9 Å². The number of hydrogen-bond donors (Lipinski definition) is 2. The maximum absolute atomic E-state index is 13.2. The van der Waals surface area contributed by atoms with Gasteiger partial charge in [0.2, 0.25) is 9.84 Å². The highest BCUT2D eigenvalue weighted by atomic mass is 35.5. The Morgan fingerprint density at radius 1 is 0.816 bits per heavy atom. The van der Waals surface area contributed by atoms with Crippen molar-refractivity contribution in [1.82, 2.24) is 4.90 Å². The van der Waals surface area contributed by atoms with Crippen LogP contribution >= 0.6 is 11.6 Å². The molecule has 4 aromatic rings. The molecule has 0 aliphatic rings. The molecule has 0 aliphatic carbocycles. The van der Waals surface area contributed by atoms with Crippen molar-refractivity contribution in [3.05, 3.63) is 124 Å². The molecule has 0 spiro atoms. The van der Waals surface area contributed by atoms with Gasteiger partial charge in [-0.15, -0.1) is 0 Å². The Bertz CT molecular complexity index is 1470. The first-order valence-corrected chi connectivity index (χ1v) is 14.3. The van der Waals surface area contributed by atoms with E-state index in [1.165, 1.54) is 12.1 Å². The summed E-state index contributed by atoms with van der Waals surface area (Å²) >= 11 is 6.12. The summed E-state index contributed by atoms with van der Waals surface area (Å²) in [6.45, 7) is 5.16. The van der Waals surface area contributed by atoms with E-state index in [1.807, 2.05) is 42.5 Å². The molecule has 0 unspecified atom stereocenters. The Balaban J connectivity index is 1.48. The van der Waals surface area contributed by atoms with Crippen molar-refractivity contribution in [2.75, 3.05) is 13.1 Å². The first kappa shape index (κ1) is 27.9. The minimum absolute atomic E-state index is 0.111. The van der Waals surface area contributed by atoms with Crippen molar-refractivity contribution in [2.45, 2.75) is 42.7 Å². The second-order valence-corrected chi connectivity index (χ2v) is 12.0. The Morgan fingerprint density at radius 2 is 1.47 bits per heavy atom. The van der Waals surface area contributed by atoms with Gasteiger partial charge in [-0.1, -0.05) is 66.2 Å². The van der Waals surface area contributed by atoms with Crippen LogP contribution in [0.3, 0.4) is 0 Å². The van der Waals surface area contributed by atoms with Gasteiger partial charge in [0.25, 0.3) is 0 Å². The van der Waals surface area contributed by atoms with Crippen molar-refractivity contribution in [3.63, 3.8) is 0 Å². The highest BCUT2D eigenvalue weighted by Crippen LogP contribution is 2.29. The minimum atomic E-state index is -3.70. The monoisotopic (exact) mass is 549 g/mol. The second kappa shape index (κ2) is 12.1. The molecule has 4 rings (SSSR count). The number of aliphatic hydroxyl groups is 1. The van der Waals surface area contributed by atoms with Crippen molar-refractivity contribution >= 4 is 21.4 Å². The standard InChI is InChI=1S/C31H32ClNO4S/c1-22-17-29(18-23(2)31(22)35)38(36,37)28-13-11-24(12-14-28)15-16-33(20-25-7-4-3-5-8-25)21-30(34)26-9-6-10-27(32)19-26/h3-14,17-19,30,34-35H,15-16,20-21H2,1-2H3/t30-/m0/s1. The fourth-order valence-corrected chi connectivity index (χ4v) is 6.10. The highest BCUT2D eigenvalue weighted by Gasteiger charge is 2.20. The third-order valence-corrected chi connectivity index (χ3v) is 8.62. The summed E-state index contributed by atoms with van der Waals surface area (Å²) in [5.74, 6) is 0.111. The molecule has 0 aromatic heterocycles. The molecule has 0 aliphatic heterocycles. The zero-order chi connectivity index (χ0) is 27.3. The summed E-state index contributed by atoms with van der Waals surface area (Å²) in [6.07, 6.45) is -0.00510. The van der Waals surface area contributed by atoms with Gasteiger partial charge in [0.05, 0.1) is 15.9 Å². The molecule has 0 heterocycles. The van der Waals surface area contributed by atoms with Crippen LogP contribution in [0.25, 0.3) is 0 Å². The van der Waals surface area contributed by atoms with E-state index in [9.17, 15) is 18.6 Å². The van der Waals surface area contributed by atoms with Gasteiger partial charge >= 0.3 is 0 Å². The van der Waals surface area contributed by atoms with Crippen LogP contribution in [-0.4, -0.2) is 36.6 Å². The molecule has 0 saturated heterocycles. The molecule has 5 nitrogen and oxygen atoms in total. The molecule has 0 saturated carbocycles. The van der Waals surface area contributed by atoms with E-state index in [-0.39, 0.29) is 15.5 Å². The van der Waals surface area contributed by atoms with Crippen molar-refractivity contribution < 1.29 is 18.6 Å². The zero-order valence-corrected chi connectivity index (χ0v) is 23.1. The molecule has 7 heteroatoms. The third-order valence-electron chi connectivity index (χ3n) is 6.64. The first-order chi connectivity index (χ1) is 18.1. The summed E-state index contributed by atoms with van der Waals surface area (Å²) in [6, 6.07) is 27.3. The molecule has 0 radical (unpaired) electrons. The van der Waals surface area contributed by atoms with Crippen LogP contribution in [0, 0.1) is 13.8 Å². The van der Waals surface area contributed by atoms with E-state index in [0.29, 0.717) is 42.2 Å². The fourth-order valence-electron chi connectivity index (χ4n) is 4.47. The highest BCUT2D eigenvalue weighted by molar-refractivity contribution is 7.91. The topological polar surface area (TPSA) is 77.8 Å². The number of nitrogens with zero attached hydrogens (tertiary/aromatic N) is 1. The van der Waals surface area contributed by atoms with Crippen LogP contribution in [0.1, 0.15) is 33.9 Å². The minimum Gasteiger partial charge on any atom is -0.507 e. The third kappa shape index (κ3) is 6.83. The van der Waals surface area contributed by atoms with Crippen molar-refractivity contribution in [3.8, 4) is 5.75 Å². The lowest BCUT2D eigenvalue weighted by atomic mass is 10.1. The number of aromatic hydroxyl groups is 1. The lowest BCUT2D eigenvalue weighted by Crippen LogP contribution is -2.30. The Morgan fingerprint density at radius 3 is 2.11 bits per heavy atom. The Labute approximate surface area is 229 Å². The normalized spacial score (nSPS) is 12.6. The van der Waals surface area contributed by atoms with Gasteiger partial charge < -0.3 is 10.2 Å². The summed E-state index contributed by atoms with van der Waals surface area (Å²) in [7, 11) is -3.70. The van der Waals surface area contributed by atoms with E-state index in [0.717, 1.165) is 16.7 Å². The Hall–Kier alpha value is -3.16. The van der Waals surface area contributed by atoms with E-state index in [2.05, 4.69) is 17.0 Å². The SMILES string of the molecule is Cc1cc(S(=O)(=O)c2ccc(CCN(Cc3ccccc3)C[C@H](O)c3cccc(Cl)c3)cc2)cc(C)c1O. The van der Waals surface area contributed by atoms with Gasteiger partial charge in [0.1, 0.15) is 5.75 Å². The quantitative estimate of drug-likeness (QED) is 0.244. The number of halogens is 1. The van der Waals surface area contributed by atoms with Gasteiger partial charge in [-0.25, -0.2) is 8.42 Å². The number of aryl methyl sites for hydroxylation is 2. The zero-order valence-electron chi connectivity index (χ0n) is 21.5. The maximum Gasteiger partial charge on any atom is 0.206 e. The number of hydrogen-bond acceptors (Lipinski definition) is 5. The summed E-state index contributed by atoms with van der Waals surface area (Å²) in [5, 5.41) is 21.5. The molecule has 0 fully saturated rings. The largest absolute Gasteiger partial charge is 0.507 e. The van der Waals surface area contributed by atoms with Crippen LogP contribution < -0.4 is 0 Å². The van der Waals surface area contributed by atoms with Gasteiger partial charge in [-0.2, -0.15) is 0 Å². The summed E-state index contributed by atoms with van der Waals surface area (Å²) in [4.78, 5) is 2.57. The average Bonchev–Trinajstić information content (AvgIpc) is 2.91. The van der Waals surface area contributed by atoms with E-state index >= 15 is 0 Å². The van der Waals surface area contributed by atoms with Gasteiger partial charge in [0.15, 0.2) is 0 Å². The number of phenolic OH excluding ortho intramolecular Hbond substituents is 1. The maximum atomic E-state index is 13.2. The molecule has 38 heavy (non-hydrogen) atoms. The van der Waals surface area contributed by atoms with E-state index in [1.54, 1.807) is 38.1 Å². The predicted molar refractivity (Wildman–Crippen MR) is 151 cm³/mol. The molecular weight excluding hydrogens is 518 g/mol. The van der Waals surface area contributed by atoms with Crippen LogP contribution in [-0.2, 0) is 22.8 Å². The summed E-state index contributed by atoms with van der Waals surface area (Å²) < 4.78 is 26.4. The average molecular weight is 550 g/mol. The van der Waals surface area contributed by atoms with Gasteiger partial charge in [-0.05, 0) is 84.5 Å². The number of aliphatic hydroxyl groups excluding tert-OH is 1. The fraction of sp³-hybridized carbons (Fsp3) is 0.226. The van der Waals surface area contributed by atoms with Gasteiger partial charge in [-0.3, -0.25) is 4.90 Å². The van der Waals surface area contributed by atoms with E-state index in [4.69, 9.17) is 11.6 Å². The lowest BCUT2D eigenvalue weighted by molar-refractivity contribution is 0.109. The predicted octanol–water partition coefficient (Wildman–Crippen LogP) is 6.27. The lowest BCUT2D eigenvalue weighted by Gasteiger charge is -2.25. The van der Waals surface area contributed by atoms with Crippen LogP contribution in [0.15, 0.2) is 101 Å². The molecular formula is C31H32ClNO4S. The number of rotatable bonds is 10. The molecule has 198 valence electrons. The number of benzene rings is 4. The number of phenols is 1. The Kier molecular flexibility index (Phi) is 8.90. The first-order valence-electron chi connectivity index (χ1n) is 12.5. The number of sulfone groups is 1. The molecule has 2 N–H and O–H groups in total. The second-order valence-electron chi connectivity index (χ2n) is 9.59. The van der Waals surface area contributed by atoms with Crippen LogP contribution in [0.2, 0.25) is 5.02 Å². The molecule has 0 amide bonds. The summed E-state index contributed by atoms with van der Waals surface area (Å²) in [5.41, 5.74) is 3.96. The van der Waals surface area contributed by atoms with Crippen LogP contribution in [0.4, 0.5) is 0 Å².